The van der Waals surface area contributed by atoms with Gasteiger partial charge in [-0.3, -0.25) is 9.59 Å². The second-order valence-electron chi connectivity index (χ2n) is 4.58. The minimum Gasteiger partial charge on any atom is -0.350 e. The van der Waals surface area contributed by atoms with Gasteiger partial charge >= 0.3 is 0 Å². The lowest BCUT2D eigenvalue weighted by Crippen LogP contribution is -2.32. The minimum atomic E-state index is -0.599. The summed E-state index contributed by atoms with van der Waals surface area (Å²) < 4.78 is 0. The number of anilines is 2. The van der Waals surface area contributed by atoms with Gasteiger partial charge in [0.15, 0.2) is 0 Å². The van der Waals surface area contributed by atoms with Crippen LogP contribution in [0, 0.1) is 0 Å². The van der Waals surface area contributed by atoms with E-state index in [0.717, 1.165) is 4.90 Å². The second-order valence-corrected chi connectivity index (χ2v) is 5.36. The van der Waals surface area contributed by atoms with Crippen molar-refractivity contribution < 1.29 is 9.59 Å². The van der Waals surface area contributed by atoms with Crippen molar-refractivity contribution >= 4 is 46.4 Å². The molecule has 22 heavy (non-hydrogen) atoms. The summed E-state index contributed by atoms with van der Waals surface area (Å²) in [4.78, 5) is 25.8. The third kappa shape index (κ3) is 2.47. The van der Waals surface area contributed by atoms with Crippen molar-refractivity contribution in [3.8, 4) is 0 Å². The maximum atomic E-state index is 12.5. The van der Waals surface area contributed by atoms with Crippen LogP contribution in [0.2, 0.25) is 5.02 Å². The van der Waals surface area contributed by atoms with Gasteiger partial charge in [-0.1, -0.05) is 53.5 Å². The lowest BCUT2D eigenvalue weighted by atomic mass is 10.3. The van der Waals surface area contributed by atoms with Crippen LogP contribution in [0.3, 0.4) is 0 Å². The molecule has 1 N–H and O–H groups in total. The topological polar surface area (TPSA) is 49.4 Å². The van der Waals surface area contributed by atoms with Crippen LogP contribution in [-0.2, 0) is 9.59 Å². The van der Waals surface area contributed by atoms with E-state index >= 15 is 0 Å². The van der Waals surface area contributed by atoms with Crippen LogP contribution in [0.1, 0.15) is 0 Å². The van der Waals surface area contributed by atoms with Gasteiger partial charge in [0.1, 0.15) is 10.7 Å². The maximum Gasteiger partial charge on any atom is 0.283 e. The summed E-state index contributed by atoms with van der Waals surface area (Å²) in [6.07, 6.45) is 0. The molecule has 110 valence electrons. The second kappa shape index (κ2) is 5.83. The Labute approximate surface area is 136 Å². The van der Waals surface area contributed by atoms with Crippen molar-refractivity contribution in [3.05, 3.63) is 70.3 Å². The fraction of sp³-hybridized carbons (Fsp3) is 0. The van der Waals surface area contributed by atoms with Crippen LogP contribution < -0.4 is 10.2 Å². The number of hydrogen-bond donors (Lipinski definition) is 1. The number of nitrogens with zero attached hydrogens (tertiary/aromatic N) is 1. The zero-order valence-electron chi connectivity index (χ0n) is 11.2. The molecule has 6 heteroatoms. The molecule has 1 aliphatic rings. The molecule has 0 bridgehead atoms. The van der Waals surface area contributed by atoms with Gasteiger partial charge in [-0.05, 0) is 24.3 Å². The highest BCUT2D eigenvalue weighted by Gasteiger charge is 2.39. The fourth-order valence-electron chi connectivity index (χ4n) is 2.13. The highest BCUT2D eigenvalue weighted by Crippen LogP contribution is 2.33. The van der Waals surface area contributed by atoms with Crippen LogP contribution in [0.5, 0.6) is 0 Å². The van der Waals surface area contributed by atoms with Crippen LogP contribution >= 0.6 is 23.2 Å². The molecular weight excluding hydrogens is 323 g/mol. The SMILES string of the molecule is O=C1C(Cl)=C(Nc2ccccc2)C(=O)N1c1ccccc1Cl. The number of para-hydroxylation sites is 2. The molecule has 3 rings (SSSR count). The van der Waals surface area contributed by atoms with E-state index in [0.29, 0.717) is 16.4 Å². The van der Waals surface area contributed by atoms with E-state index < -0.39 is 11.8 Å². The Morgan fingerprint density at radius 1 is 0.818 bits per heavy atom. The number of nitrogens with one attached hydrogen (secondary N) is 1. The van der Waals surface area contributed by atoms with Crippen LogP contribution in [0.4, 0.5) is 11.4 Å². The molecule has 0 fully saturated rings. The molecule has 4 nitrogen and oxygen atoms in total. The Balaban J connectivity index is 1.96. The van der Waals surface area contributed by atoms with Gasteiger partial charge in [0.25, 0.3) is 11.8 Å². The number of amides is 2. The molecule has 2 amide bonds. The zero-order valence-corrected chi connectivity index (χ0v) is 12.7. The molecule has 0 aromatic heterocycles. The summed E-state index contributed by atoms with van der Waals surface area (Å²) in [6, 6.07) is 15.6. The van der Waals surface area contributed by atoms with Crippen molar-refractivity contribution in [3.63, 3.8) is 0 Å². The molecule has 0 aliphatic carbocycles. The predicted molar refractivity (Wildman–Crippen MR) is 86.9 cm³/mol. The monoisotopic (exact) mass is 332 g/mol. The number of benzene rings is 2. The summed E-state index contributed by atoms with van der Waals surface area (Å²) in [7, 11) is 0. The average molecular weight is 333 g/mol. The third-order valence-corrected chi connectivity index (χ3v) is 3.83. The zero-order chi connectivity index (χ0) is 15.7. The Bertz CT molecular complexity index is 788. The van der Waals surface area contributed by atoms with Crippen molar-refractivity contribution in [1.29, 1.82) is 0 Å². The number of imide groups is 1. The maximum absolute atomic E-state index is 12.5. The largest absolute Gasteiger partial charge is 0.350 e. The molecule has 2 aromatic carbocycles. The molecule has 0 spiro atoms. The standard InChI is InChI=1S/C16H10Cl2N2O2/c17-11-8-4-5-9-12(11)20-15(21)13(18)14(16(20)22)19-10-6-2-1-3-7-10/h1-9,19H. The molecule has 2 aromatic rings. The predicted octanol–water partition coefficient (Wildman–Crippen LogP) is 3.78. The van der Waals surface area contributed by atoms with Gasteiger partial charge in [-0.25, -0.2) is 4.90 Å². The molecule has 0 radical (unpaired) electrons. The van der Waals surface area contributed by atoms with Crippen molar-refractivity contribution in [1.82, 2.24) is 0 Å². The summed E-state index contributed by atoms with van der Waals surface area (Å²) >= 11 is 12.1. The first kappa shape index (κ1) is 14.6. The fourth-order valence-corrected chi connectivity index (χ4v) is 2.56. The number of rotatable bonds is 3. The van der Waals surface area contributed by atoms with E-state index in [1.165, 1.54) is 0 Å². The average Bonchev–Trinajstić information content (AvgIpc) is 2.73. The van der Waals surface area contributed by atoms with Gasteiger partial charge in [0.05, 0.1) is 10.7 Å². The third-order valence-electron chi connectivity index (χ3n) is 3.16. The van der Waals surface area contributed by atoms with Crippen LogP contribution in [0.15, 0.2) is 65.3 Å². The Morgan fingerprint density at radius 3 is 2.14 bits per heavy atom. The molecule has 0 unspecified atom stereocenters. The summed E-state index contributed by atoms with van der Waals surface area (Å²) in [6.45, 7) is 0. The number of hydrogen-bond acceptors (Lipinski definition) is 3. The van der Waals surface area contributed by atoms with Crippen molar-refractivity contribution in [2.45, 2.75) is 0 Å². The summed E-state index contributed by atoms with van der Waals surface area (Å²) in [5.74, 6) is -1.13. The number of halogens is 2. The first-order valence-electron chi connectivity index (χ1n) is 6.45. The van der Waals surface area contributed by atoms with Crippen molar-refractivity contribution in [2.75, 3.05) is 10.2 Å². The van der Waals surface area contributed by atoms with E-state index in [2.05, 4.69) is 5.32 Å². The van der Waals surface area contributed by atoms with E-state index in [1.54, 1.807) is 36.4 Å². The van der Waals surface area contributed by atoms with E-state index in [4.69, 9.17) is 23.2 Å². The smallest absolute Gasteiger partial charge is 0.283 e. The Kier molecular flexibility index (Phi) is 3.88. The minimum absolute atomic E-state index is 0.0396. The molecule has 1 aliphatic heterocycles. The molecule has 0 atom stereocenters. The Morgan fingerprint density at radius 2 is 1.45 bits per heavy atom. The summed E-state index contributed by atoms with van der Waals surface area (Å²) in [5, 5.41) is 3.02. The first-order chi connectivity index (χ1) is 10.6. The molecule has 0 saturated heterocycles. The van der Waals surface area contributed by atoms with Gasteiger partial charge < -0.3 is 5.32 Å². The Hall–Kier alpha value is -2.30. The lowest BCUT2D eigenvalue weighted by molar-refractivity contribution is -0.120. The number of carbonyl (C=O) groups excluding carboxylic acids is 2. The van der Waals surface area contributed by atoms with Crippen LogP contribution in [0.25, 0.3) is 0 Å². The molecule has 0 saturated carbocycles. The lowest BCUT2D eigenvalue weighted by Gasteiger charge is -2.16. The molecular formula is C16H10Cl2N2O2. The quantitative estimate of drug-likeness (QED) is 0.870. The van der Waals surface area contributed by atoms with E-state index in [9.17, 15) is 9.59 Å². The van der Waals surface area contributed by atoms with Crippen molar-refractivity contribution in [2.24, 2.45) is 0 Å². The van der Waals surface area contributed by atoms with E-state index in [1.807, 2.05) is 18.2 Å². The van der Waals surface area contributed by atoms with E-state index in [-0.39, 0.29) is 10.7 Å². The van der Waals surface area contributed by atoms with Gasteiger partial charge in [0, 0.05) is 5.69 Å². The van der Waals surface area contributed by atoms with Crippen LogP contribution in [-0.4, -0.2) is 11.8 Å². The van der Waals surface area contributed by atoms with Gasteiger partial charge in [0.2, 0.25) is 0 Å². The summed E-state index contributed by atoms with van der Waals surface area (Å²) in [5.41, 5.74) is 1.01. The van der Waals surface area contributed by atoms with Gasteiger partial charge in [-0.15, -0.1) is 0 Å². The molecule has 1 heterocycles. The number of carbonyl (C=O) groups is 2. The highest BCUT2D eigenvalue weighted by atomic mass is 35.5. The van der Waals surface area contributed by atoms with Gasteiger partial charge in [-0.2, -0.15) is 0 Å². The first-order valence-corrected chi connectivity index (χ1v) is 7.20. The highest BCUT2D eigenvalue weighted by molar-refractivity contribution is 6.53. The normalized spacial score (nSPS) is 14.7.